The zero-order chi connectivity index (χ0) is 23.3. The van der Waals surface area contributed by atoms with Gasteiger partial charge in [0.2, 0.25) is 0 Å². The van der Waals surface area contributed by atoms with Crippen LogP contribution >= 0.6 is 11.6 Å². The van der Waals surface area contributed by atoms with Crippen molar-refractivity contribution < 1.29 is 19.4 Å². The summed E-state index contributed by atoms with van der Waals surface area (Å²) in [6, 6.07) is 15.0. The number of aryl methyl sites for hydroxylation is 1. The number of benzene rings is 2. The molecule has 0 amide bonds. The molecule has 1 aromatic heterocycles. The molecule has 0 aliphatic rings. The molecule has 32 heavy (non-hydrogen) atoms. The summed E-state index contributed by atoms with van der Waals surface area (Å²) in [6.45, 7) is 5.70. The number of carboxylic acids is 1. The summed E-state index contributed by atoms with van der Waals surface area (Å²) in [6.07, 6.45) is 0.804. The van der Waals surface area contributed by atoms with E-state index < -0.39 is 11.6 Å². The third-order valence-corrected chi connectivity index (χ3v) is 5.15. The van der Waals surface area contributed by atoms with Gasteiger partial charge in [-0.05, 0) is 62.6 Å². The Bertz CT molecular complexity index is 1120. The van der Waals surface area contributed by atoms with Gasteiger partial charge >= 0.3 is 12.0 Å². The Labute approximate surface area is 192 Å². The molecule has 0 saturated carbocycles. The zero-order valence-electron chi connectivity index (χ0n) is 18.5. The van der Waals surface area contributed by atoms with E-state index in [1.165, 1.54) is 26.5 Å². The van der Waals surface area contributed by atoms with E-state index in [0.717, 1.165) is 22.6 Å². The number of hydrogen-bond acceptors (Lipinski definition) is 6. The number of nitrogens with one attached hydrogen (secondary N) is 1. The lowest BCUT2D eigenvalue weighted by Crippen LogP contribution is -2.37. The lowest BCUT2D eigenvalue weighted by Gasteiger charge is -2.21. The number of methoxy groups -OCH3 is 1. The molecule has 0 bridgehead atoms. The van der Waals surface area contributed by atoms with Gasteiger partial charge in [0.15, 0.2) is 5.60 Å². The summed E-state index contributed by atoms with van der Waals surface area (Å²) in [5.74, 6) is 0.00451. The number of hydrogen-bond donors (Lipinski definition) is 2. The monoisotopic (exact) mass is 455 g/mol. The molecule has 0 aliphatic heterocycles. The van der Waals surface area contributed by atoms with Gasteiger partial charge in [0.05, 0.1) is 12.8 Å². The Hall–Kier alpha value is -3.32. The maximum absolute atomic E-state index is 11.4. The molecule has 7 nitrogen and oxygen atoms in total. The van der Waals surface area contributed by atoms with E-state index in [9.17, 15) is 9.90 Å². The molecule has 0 aliphatic carbocycles. The number of halogens is 1. The Morgan fingerprint density at radius 1 is 1.16 bits per heavy atom. The minimum atomic E-state index is -1.35. The van der Waals surface area contributed by atoms with Crippen molar-refractivity contribution in [2.75, 3.05) is 19.0 Å². The standard InChI is InChI=1S/C24H26ClN3O4/c1-15-12-18(25)9-8-16(15)10-11-26-21-14-20(27-23(28-21)31-4)17-6-5-7-19(13-17)32-24(2,3)22(29)30/h5-9,12-14H,10-11H2,1-4H3,(H,29,30)(H,26,27,28). The first kappa shape index (κ1) is 23.3. The van der Waals surface area contributed by atoms with Crippen LogP contribution in [0.1, 0.15) is 25.0 Å². The fourth-order valence-corrected chi connectivity index (χ4v) is 3.30. The largest absolute Gasteiger partial charge is 0.478 e. The van der Waals surface area contributed by atoms with E-state index in [4.69, 9.17) is 21.1 Å². The summed E-state index contributed by atoms with van der Waals surface area (Å²) >= 11 is 6.03. The van der Waals surface area contributed by atoms with Gasteiger partial charge in [-0.1, -0.05) is 29.8 Å². The number of anilines is 1. The molecule has 0 unspecified atom stereocenters. The van der Waals surface area contributed by atoms with Crippen LogP contribution in [0.15, 0.2) is 48.5 Å². The quantitative estimate of drug-likeness (QED) is 0.468. The van der Waals surface area contributed by atoms with Crippen molar-refractivity contribution in [3.8, 4) is 23.0 Å². The second kappa shape index (κ2) is 9.87. The molecule has 1 heterocycles. The SMILES string of the molecule is COc1nc(NCCc2ccc(Cl)cc2C)cc(-c2cccc(OC(C)(C)C(=O)O)c2)n1. The highest BCUT2D eigenvalue weighted by atomic mass is 35.5. The highest BCUT2D eigenvalue weighted by Crippen LogP contribution is 2.28. The topological polar surface area (TPSA) is 93.6 Å². The minimum Gasteiger partial charge on any atom is -0.478 e. The molecule has 168 valence electrons. The average molecular weight is 456 g/mol. The van der Waals surface area contributed by atoms with Crippen molar-refractivity contribution in [2.24, 2.45) is 0 Å². The van der Waals surface area contributed by atoms with Gasteiger partial charge in [-0.2, -0.15) is 9.97 Å². The number of rotatable bonds is 9. The van der Waals surface area contributed by atoms with Gasteiger partial charge < -0.3 is 19.9 Å². The lowest BCUT2D eigenvalue weighted by atomic mass is 10.1. The van der Waals surface area contributed by atoms with Crippen LogP contribution in [0.4, 0.5) is 5.82 Å². The van der Waals surface area contributed by atoms with Crippen LogP contribution in [0, 0.1) is 6.92 Å². The van der Waals surface area contributed by atoms with E-state index in [2.05, 4.69) is 15.3 Å². The van der Waals surface area contributed by atoms with E-state index in [1.54, 1.807) is 18.2 Å². The molecule has 2 aromatic carbocycles. The number of ether oxygens (including phenoxy) is 2. The zero-order valence-corrected chi connectivity index (χ0v) is 19.2. The Kier molecular flexibility index (Phi) is 7.20. The van der Waals surface area contributed by atoms with E-state index in [-0.39, 0.29) is 6.01 Å². The van der Waals surface area contributed by atoms with Crippen molar-refractivity contribution in [3.63, 3.8) is 0 Å². The number of nitrogens with zero attached hydrogens (tertiary/aromatic N) is 2. The average Bonchev–Trinajstić information content (AvgIpc) is 2.75. The number of carboxylic acid groups (broad SMARTS) is 1. The molecule has 0 atom stereocenters. The summed E-state index contributed by atoms with van der Waals surface area (Å²) in [5.41, 5.74) is 2.37. The summed E-state index contributed by atoms with van der Waals surface area (Å²) < 4.78 is 10.9. The highest BCUT2D eigenvalue weighted by molar-refractivity contribution is 6.30. The first-order chi connectivity index (χ1) is 15.2. The second-order valence-corrected chi connectivity index (χ2v) is 8.25. The summed E-state index contributed by atoms with van der Waals surface area (Å²) in [5, 5.41) is 13.4. The van der Waals surface area contributed by atoms with Crippen molar-refractivity contribution in [1.29, 1.82) is 0 Å². The van der Waals surface area contributed by atoms with E-state index in [0.29, 0.717) is 23.8 Å². The van der Waals surface area contributed by atoms with Gasteiger partial charge in [0.1, 0.15) is 11.6 Å². The van der Waals surface area contributed by atoms with Gasteiger partial charge in [0.25, 0.3) is 0 Å². The van der Waals surface area contributed by atoms with E-state index in [1.807, 2.05) is 37.3 Å². The molecule has 0 fully saturated rings. The predicted molar refractivity (Wildman–Crippen MR) is 125 cm³/mol. The Balaban J connectivity index is 1.79. The Morgan fingerprint density at radius 2 is 1.94 bits per heavy atom. The van der Waals surface area contributed by atoms with Crippen molar-refractivity contribution in [1.82, 2.24) is 9.97 Å². The van der Waals surface area contributed by atoms with Crippen LogP contribution in [-0.4, -0.2) is 40.3 Å². The third kappa shape index (κ3) is 5.88. The Morgan fingerprint density at radius 3 is 2.62 bits per heavy atom. The first-order valence-corrected chi connectivity index (χ1v) is 10.5. The molecule has 2 N–H and O–H groups in total. The molecular formula is C24H26ClN3O4. The van der Waals surface area contributed by atoms with Crippen LogP contribution in [0.3, 0.4) is 0 Å². The lowest BCUT2D eigenvalue weighted by molar-refractivity contribution is -0.152. The summed E-state index contributed by atoms with van der Waals surface area (Å²) in [4.78, 5) is 20.2. The second-order valence-electron chi connectivity index (χ2n) is 7.82. The van der Waals surface area contributed by atoms with Gasteiger partial charge in [0, 0.05) is 23.2 Å². The van der Waals surface area contributed by atoms with Crippen LogP contribution in [0.5, 0.6) is 11.8 Å². The van der Waals surface area contributed by atoms with Crippen LogP contribution in [0.2, 0.25) is 5.02 Å². The van der Waals surface area contributed by atoms with Crippen LogP contribution < -0.4 is 14.8 Å². The molecule has 8 heteroatoms. The first-order valence-electron chi connectivity index (χ1n) is 10.1. The fourth-order valence-electron chi connectivity index (χ4n) is 3.08. The smallest absolute Gasteiger partial charge is 0.347 e. The molecule has 0 saturated heterocycles. The van der Waals surface area contributed by atoms with Crippen LogP contribution in [0.25, 0.3) is 11.3 Å². The normalized spacial score (nSPS) is 11.2. The van der Waals surface area contributed by atoms with Gasteiger partial charge in [-0.3, -0.25) is 0 Å². The fraction of sp³-hybridized carbons (Fsp3) is 0.292. The number of aromatic nitrogens is 2. The minimum absolute atomic E-state index is 0.227. The number of carbonyl (C=O) groups is 1. The molecule has 0 spiro atoms. The van der Waals surface area contributed by atoms with Crippen LogP contribution in [-0.2, 0) is 11.2 Å². The molecule has 3 aromatic rings. The van der Waals surface area contributed by atoms with Gasteiger partial charge in [-0.25, -0.2) is 4.79 Å². The maximum Gasteiger partial charge on any atom is 0.347 e. The molecule has 3 rings (SSSR count). The van der Waals surface area contributed by atoms with E-state index >= 15 is 0 Å². The highest BCUT2D eigenvalue weighted by Gasteiger charge is 2.29. The van der Waals surface area contributed by atoms with Crippen molar-refractivity contribution in [2.45, 2.75) is 32.8 Å². The van der Waals surface area contributed by atoms with Crippen molar-refractivity contribution >= 4 is 23.4 Å². The molecule has 0 radical (unpaired) electrons. The number of aliphatic carboxylic acids is 1. The maximum atomic E-state index is 11.4. The predicted octanol–water partition coefficient (Wildman–Crippen LogP) is 5.01. The van der Waals surface area contributed by atoms with Crippen molar-refractivity contribution in [3.05, 3.63) is 64.7 Å². The molecular weight excluding hydrogens is 430 g/mol. The third-order valence-electron chi connectivity index (χ3n) is 4.91. The summed E-state index contributed by atoms with van der Waals surface area (Å²) in [7, 11) is 1.51. The van der Waals surface area contributed by atoms with Gasteiger partial charge in [-0.15, -0.1) is 0 Å².